The van der Waals surface area contributed by atoms with E-state index in [1.54, 1.807) is 0 Å². The van der Waals surface area contributed by atoms with Gasteiger partial charge in [-0.3, -0.25) is 4.90 Å². The molecule has 1 fully saturated rings. The highest BCUT2D eigenvalue weighted by Gasteiger charge is 2.12. The summed E-state index contributed by atoms with van der Waals surface area (Å²) in [5.41, 5.74) is 0. The van der Waals surface area contributed by atoms with E-state index >= 15 is 0 Å². The van der Waals surface area contributed by atoms with Gasteiger partial charge >= 0.3 is 0 Å². The summed E-state index contributed by atoms with van der Waals surface area (Å²) in [6, 6.07) is 0. The Morgan fingerprint density at radius 3 is 2.75 bits per heavy atom. The molecular formula is C6H13NO. The Labute approximate surface area is 50.4 Å². The molecule has 0 radical (unpaired) electrons. The molecular weight excluding hydrogens is 102 g/mol. The molecule has 1 rings (SSSR count). The maximum atomic E-state index is 5.32. The van der Waals surface area contributed by atoms with Gasteiger partial charge in [-0.2, -0.15) is 0 Å². The van der Waals surface area contributed by atoms with Crippen molar-refractivity contribution >= 4 is 0 Å². The van der Waals surface area contributed by atoms with Gasteiger partial charge in [0.2, 0.25) is 0 Å². The molecule has 1 aliphatic heterocycles. The summed E-state index contributed by atoms with van der Waals surface area (Å²) in [5, 5.41) is 0. The summed E-state index contributed by atoms with van der Waals surface area (Å²) in [5.74, 6) is 0. The molecule has 2 heteroatoms. The van der Waals surface area contributed by atoms with E-state index in [4.69, 9.17) is 4.74 Å². The lowest BCUT2D eigenvalue weighted by Gasteiger charge is -2.29. The molecule has 1 aliphatic rings. The van der Waals surface area contributed by atoms with Crippen LogP contribution in [0.25, 0.3) is 0 Å². The van der Waals surface area contributed by atoms with Crippen molar-refractivity contribution in [2.75, 3.05) is 20.2 Å². The smallest absolute Gasteiger partial charge is 0.107 e. The van der Waals surface area contributed by atoms with Gasteiger partial charge in [0.25, 0.3) is 0 Å². The molecule has 1 saturated heterocycles. The van der Waals surface area contributed by atoms with Crippen molar-refractivity contribution in [3.05, 3.63) is 0 Å². The van der Waals surface area contributed by atoms with Crippen LogP contribution in [0.2, 0.25) is 0 Å². The molecule has 0 aromatic heterocycles. The van der Waals surface area contributed by atoms with E-state index in [1.165, 1.54) is 13.0 Å². The minimum atomic E-state index is 0.337. The van der Waals surface area contributed by atoms with Gasteiger partial charge in [-0.05, 0) is 20.4 Å². The van der Waals surface area contributed by atoms with Crippen molar-refractivity contribution in [1.29, 1.82) is 0 Å². The number of nitrogens with zero attached hydrogens (tertiary/aromatic N) is 1. The zero-order valence-corrected chi connectivity index (χ0v) is 5.55. The fourth-order valence-electron chi connectivity index (χ4n) is 0.877. The molecule has 1 heterocycles. The second kappa shape index (κ2) is 2.46. The molecule has 8 heavy (non-hydrogen) atoms. The van der Waals surface area contributed by atoms with Crippen LogP contribution in [0.5, 0.6) is 0 Å². The molecule has 0 aliphatic carbocycles. The average Bonchev–Trinajstić information content (AvgIpc) is 1.77. The van der Waals surface area contributed by atoms with E-state index in [9.17, 15) is 0 Å². The monoisotopic (exact) mass is 115 g/mol. The Balaban J connectivity index is 2.28. The van der Waals surface area contributed by atoms with E-state index in [0.717, 1.165) is 6.61 Å². The summed E-state index contributed by atoms with van der Waals surface area (Å²) in [6.07, 6.45) is 1.52. The van der Waals surface area contributed by atoms with Crippen molar-refractivity contribution in [3.63, 3.8) is 0 Å². The topological polar surface area (TPSA) is 12.5 Å². The van der Waals surface area contributed by atoms with Gasteiger partial charge < -0.3 is 4.74 Å². The van der Waals surface area contributed by atoms with E-state index in [-0.39, 0.29) is 0 Å². The Morgan fingerprint density at radius 1 is 1.62 bits per heavy atom. The normalized spacial score (nSPS) is 33.0. The molecule has 0 aromatic carbocycles. The van der Waals surface area contributed by atoms with Crippen LogP contribution in [0, 0.1) is 0 Å². The van der Waals surface area contributed by atoms with Crippen molar-refractivity contribution in [2.45, 2.75) is 19.6 Å². The molecule has 48 valence electrons. The van der Waals surface area contributed by atoms with Crippen LogP contribution in [0.1, 0.15) is 13.3 Å². The van der Waals surface area contributed by atoms with Gasteiger partial charge in [-0.15, -0.1) is 0 Å². The zero-order valence-electron chi connectivity index (χ0n) is 5.55. The predicted molar refractivity (Wildman–Crippen MR) is 32.7 cm³/mol. The summed E-state index contributed by atoms with van der Waals surface area (Å²) < 4.78 is 5.32. The van der Waals surface area contributed by atoms with Gasteiger partial charge in [0.1, 0.15) is 6.23 Å². The van der Waals surface area contributed by atoms with Crippen LogP contribution in [-0.2, 0) is 4.74 Å². The van der Waals surface area contributed by atoms with Crippen LogP contribution in [0.3, 0.4) is 0 Å². The Kier molecular flexibility index (Phi) is 1.86. The van der Waals surface area contributed by atoms with Crippen LogP contribution < -0.4 is 0 Å². The second-order valence-electron chi connectivity index (χ2n) is 2.30. The van der Waals surface area contributed by atoms with Crippen LogP contribution in [-0.4, -0.2) is 31.3 Å². The molecule has 0 amide bonds. The van der Waals surface area contributed by atoms with Crippen molar-refractivity contribution in [1.82, 2.24) is 4.90 Å². The third-order valence-corrected chi connectivity index (χ3v) is 1.63. The maximum absolute atomic E-state index is 5.32. The number of ether oxygens (including phenoxy) is 1. The Morgan fingerprint density at radius 2 is 2.38 bits per heavy atom. The van der Waals surface area contributed by atoms with E-state index in [0.29, 0.717) is 6.23 Å². The van der Waals surface area contributed by atoms with Gasteiger partial charge in [0.05, 0.1) is 0 Å². The quantitative estimate of drug-likeness (QED) is 0.460. The SMILES string of the molecule is C[C@@H]1OCCCN1C. The maximum Gasteiger partial charge on any atom is 0.107 e. The van der Waals surface area contributed by atoms with Gasteiger partial charge in [-0.25, -0.2) is 0 Å². The molecule has 0 unspecified atom stereocenters. The van der Waals surface area contributed by atoms with E-state index in [1.807, 2.05) is 0 Å². The van der Waals surface area contributed by atoms with Crippen LogP contribution in [0.15, 0.2) is 0 Å². The summed E-state index contributed by atoms with van der Waals surface area (Å²) in [7, 11) is 2.09. The number of hydrogen-bond donors (Lipinski definition) is 0. The first-order chi connectivity index (χ1) is 3.80. The Bertz CT molecular complexity index is 64.9. The van der Waals surface area contributed by atoms with Crippen LogP contribution in [0.4, 0.5) is 0 Å². The van der Waals surface area contributed by atoms with Gasteiger partial charge in [-0.1, -0.05) is 0 Å². The van der Waals surface area contributed by atoms with Gasteiger partial charge in [0.15, 0.2) is 0 Å². The van der Waals surface area contributed by atoms with Crippen molar-refractivity contribution in [2.24, 2.45) is 0 Å². The highest BCUT2D eigenvalue weighted by atomic mass is 16.5. The summed E-state index contributed by atoms with van der Waals surface area (Å²) in [6.45, 7) is 4.20. The standard InChI is InChI=1S/C6H13NO/c1-6-7(2)4-3-5-8-6/h6H,3-5H2,1-2H3/t6-/m0/s1. The highest BCUT2D eigenvalue weighted by molar-refractivity contribution is 4.58. The van der Waals surface area contributed by atoms with Crippen molar-refractivity contribution < 1.29 is 4.74 Å². The summed E-state index contributed by atoms with van der Waals surface area (Å²) in [4.78, 5) is 2.21. The first-order valence-electron chi connectivity index (χ1n) is 3.12. The predicted octanol–water partition coefficient (Wildman–Crippen LogP) is 0.684. The molecule has 0 saturated carbocycles. The summed E-state index contributed by atoms with van der Waals surface area (Å²) >= 11 is 0. The van der Waals surface area contributed by atoms with Crippen LogP contribution >= 0.6 is 0 Å². The lowest BCUT2D eigenvalue weighted by molar-refractivity contribution is -0.0706. The number of hydrogen-bond acceptors (Lipinski definition) is 2. The molecule has 0 bridgehead atoms. The minimum absolute atomic E-state index is 0.337. The van der Waals surface area contributed by atoms with E-state index in [2.05, 4.69) is 18.9 Å². The third kappa shape index (κ3) is 1.20. The zero-order chi connectivity index (χ0) is 5.98. The molecule has 0 aromatic rings. The molecule has 0 spiro atoms. The molecule has 2 nitrogen and oxygen atoms in total. The first kappa shape index (κ1) is 6.05. The second-order valence-corrected chi connectivity index (χ2v) is 2.30. The first-order valence-corrected chi connectivity index (χ1v) is 3.12. The third-order valence-electron chi connectivity index (χ3n) is 1.63. The fourth-order valence-corrected chi connectivity index (χ4v) is 0.877. The number of rotatable bonds is 0. The Hall–Kier alpha value is -0.0800. The average molecular weight is 115 g/mol. The minimum Gasteiger partial charge on any atom is -0.363 e. The largest absolute Gasteiger partial charge is 0.363 e. The fraction of sp³-hybridized carbons (Fsp3) is 1.00. The lowest BCUT2D eigenvalue weighted by atomic mass is 10.3. The van der Waals surface area contributed by atoms with E-state index < -0.39 is 0 Å². The molecule has 1 atom stereocenters. The highest BCUT2D eigenvalue weighted by Crippen LogP contribution is 2.04. The lowest BCUT2D eigenvalue weighted by Crippen LogP contribution is -2.37. The van der Waals surface area contributed by atoms with Crippen molar-refractivity contribution in [3.8, 4) is 0 Å². The van der Waals surface area contributed by atoms with Gasteiger partial charge in [0, 0.05) is 13.2 Å². The molecule has 0 N–H and O–H groups in total.